The average molecular weight is 227 g/mol. The summed E-state index contributed by atoms with van der Waals surface area (Å²) in [6.45, 7) is 7.12. The van der Waals surface area contributed by atoms with E-state index in [2.05, 4.69) is 14.9 Å². The predicted octanol–water partition coefficient (Wildman–Crippen LogP) is 0.590. The van der Waals surface area contributed by atoms with Gasteiger partial charge in [-0.2, -0.15) is 0 Å². The first-order chi connectivity index (χ1) is 7.29. The van der Waals surface area contributed by atoms with Crippen molar-refractivity contribution in [1.82, 2.24) is 10.3 Å². The molecule has 1 aromatic heterocycles. The largest absolute Gasteiger partial charge is 0.459 e. The van der Waals surface area contributed by atoms with Gasteiger partial charge in [0.2, 0.25) is 0 Å². The van der Waals surface area contributed by atoms with Crippen LogP contribution in [0.1, 0.15) is 32.2 Å². The summed E-state index contributed by atoms with van der Waals surface area (Å²) in [4.78, 5) is 11.6. The number of aryl methyl sites for hydroxylation is 1. The fraction of sp³-hybridized carbons (Fsp3) is 0.700. The van der Waals surface area contributed by atoms with E-state index in [4.69, 9.17) is 10.5 Å². The first-order valence-corrected chi connectivity index (χ1v) is 5.06. The molecular formula is C10H17N3O3. The lowest BCUT2D eigenvalue weighted by Gasteiger charge is -2.21. The summed E-state index contributed by atoms with van der Waals surface area (Å²) in [5, 5.41) is 7.27. The Bertz CT molecular complexity index is 368. The van der Waals surface area contributed by atoms with Crippen LogP contribution in [0.4, 0.5) is 0 Å². The Morgan fingerprint density at radius 2 is 2.12 bits per heavy atom. The number of nitrogens with zero attached hydrogens (tertiary/aromatic N) is 2. The van der Waals surface area contributed by atoms with Gasteiger partial charge in [0.1, 0.15) is 23.0 Å². The zero-order valence-electron chi connectivity index (χ0n) is 9.98. The number of nitrogens with two attached hydrogens (primary N) is 1. The molecule has 0 aliphatic heterocycles. The highest BCUT2D eigenvalue weighted by Gasteiger charge is 2.24. The molecule has 1 atom stereocenters. The van der Waals surface area contributed by atoms with Gasteiger partial charge >= 0.3 is 5.97 Å². The number of rotatable bonds is 3. The Kier molecular flexibility index (Phi) is 3.64. The van der Waals surface area contributed by atoms with Crippen molar-refractivity contribution >= 4 is 5.97 Å². The monoisotopic (exact) mass is 227 g/mol. The molecule has 0 radical (unpaired) electrons. The Labute approximate surface area is 94.1 Å². The van der Waals surface area contributed by atoms with Gasteiger partial charge in [-0.3, -0.25) is 4.79 Å². The maximum atomic E-state index is 11.6. The van der Waals surface area contributed by atoms with E-state index in [9.17, 15) is 4.79 Å². The number of esters is 1. The van der Waals surface area contributed by atoms with Crippen molar-refractivity contribution in [3.63, 3.8) is 0 Å². The van der Waals surface area contributed by atoms with E-state index in [1.165, 1.54) is 0 Å². The second-order valence-corrected chi connectivity index (χ2v) is 4.64. The first-order valence-electron chi connectivity index (χ1n) is 5.06. The standard InChI is InChI=1S/C10H17N3O3/c1-6-8(13-16-12-6)5-7(11)9(14)15-10(2,3)4/h7H,5,11H2,1-4H3. The van der Waals surface area contributed by atoms with E-state index in [1.807, 2.05) is 0 Å². The summed E-state index contributed by atoms with van der Waals surface area (Å²) in [5.41, 5.74) is 6.38. The number of ether oxygens (including phenoxy) is 1. The van der Waals surface area contributed by atoms with Crippen LogP contribution in [-0.4, -0.2) is 27.9 Å². The lowest BCUT2D eigenvalue weighted by molar-refractivity contribution is -0.156. The van der Waals surface area contributed by atoms with Gasteiger partial charge in [0.25, 0.3) is 0 Å². The van der Waals surface area contributed by atoms with Crippen LogP contribution in [0, 0.1) is 6.92 Å². The topological polar surface area (TPSA) is 91.2 Å². The Hall–Kier alpha value is -1.43. The van der Waals surface area contributed by atoms with Gasteiger partial charge in [-0.05, 0) is 27.7 Å². The van der Waals surface area contributed by atoms with Crippen molar-refractivity contribution in [2.45, 2.75) is 45.8 Å². The van der Waals surface area contributed by atoms with Gasteiger partial charge in [-0.25, -0.2) is 4.63 Å². The van der Waals surface area contributed by atoms with Gasteiger partial charge in [-0.1, -0.05) is 10.3 Å². The maximum Gasteiger partial charge on any atom is 0.323 e. The minimum Gasteiger partial charge on any atom is -0.459 e. The molecule has 0 spiro atoms. The minimum atomic E-state index is -0.746. The molecule has 1 rings (SSSR count). The number of carbonyl (C=O) groups is 1. The Morgan fingerprint density at radius 3 is 2.56 bits per heavy atom. The normalized spacial score (nSPS) is 13.6. The fourth-order valence-corrected chi connectivity index (χ4v) is 1.10. The molecule has 16 heavy (non-hydrogen) atoms. The molecule has 0 aromatic carbocycles. The summed E-state index contributed by atoms with van der Waals surface area (Å²) in [6, 6.07) is -0.746. The highest BCUT2D eigenvalue weighted by molar-refractivity contribution is 5.76. The molecule has 1 aromatic rings. The predicted molar refractivity (Wildman–Crippen MR) is 56.6 cm³/mol. The third-order valence-electron chi connectivity index (χ3n) is 1.87. The fourth-order valence-electron chi connectivity index (χ4n) is 1.10. The molecule has 0 aliphatic carbocycles. The van der Waals surface area contributed by atoms with Crippen LogP contribution < -0.4 is 5.73 Å². The van der Waals surface area contributed by atoms with Gasteiger partial charge in [0.15, 0.2) is 0 Å². The number of hydrogen-bond acceptors (Lipinski definition) is 6. The van der Waals surface area contributed by atoms with Crippen molar-refractivity contribution in [1.29, 1.82) is 0 Å². The number of carbonyl (C=O) groups excluding carboxylic acids is 1. The SMILES string of the molecule is Cc1nonc1CC(N)C(=O)OC(C)(C)C. The second kappa shape index (κ2) is 4.61. The highest BCUT2D eigenvalue weighted by atomic mass is 16.6. The quantitative estimate of drug-likeness (QED) is 0.760. The van der Waals surface area contributed by atoms with Gasteiger partial charge < -0.3 is 10.5 Å². The molecule has 0 amide bonds. The van der Waals surface area contributed by atoms with E-state index in [1.54, 1.807) is 27.7 Å². The smallest absolute Gasteiger partial charge is 0.323 e. The zero-order valence-corrected chi connectivity index (χ0v) is 9.98. The van der Waals surface area contributed by atoms with E-state index in [-0.39, 0.29) is 6.42 Å². The van der Waals surface area contributed by atoms with E-state index in [0.717, 1.165) is 0 Å². The van der Waals surface area contributed by atoms with Gasteiger partial charge in [0, 0.05) is 6.42 Å². The molecule has 0 fully saturated rings. The molecular weight excluding hydrogens is 210 g/mol. The molecule has 0 saturated carbocycles. The number of hydrogen-bond donors (Lipinski definition) is 1. The Morgan fingerprint density at radius 1 is 1.50 bits per heavy atom. The van der Waals surface area contributed by atoms with Gasteiger partial charge in [0.05, 0.1) is 0 Å². The van der Waals surface area contributed by atoms with E-state index >= 15 is 0 Å². The average Bonchev–Trinajstić information content (AvgIpc) is 2.49. The summed E-state index contributed by atoms with van der Waals surface area (Å²) in [5.74, 6) is -0.449. The van der Waals surface area contributed by atoms with Crippen LogP contribution in [0.2, 0.25) is 0 Å². The van der Waals surface area contributed by atoms with E-state index in [0.29, 0.717) is 11.4 Å². The van der Waals surface area contributed by atoms with Crippen molar-refractivity contribution in [2.75, 3.05) is 0 Å². The summed E-state index contributed by atoms with van der Waals surface area (Å²) in [6.07, 6.45) is 0.268. The maximum absolute atomic E-state index is 11.6. The summed E-state index contributed by atoms with van der Waals surface area (Å²) >= 11 is 0. The van der Waals surface area contributed by atoms with Crippen LogP contribution in [0.15, 0.2) is 4.63 Å². The molecule has 90 valence electrons. The van der Waals surface area contributed by atoms with Crippen molar-refractivity contribution in [3.05, 3.63) is 11.4 Å². The molecule has 0 bridgehead atoms. The van der Waals surface area contributed by atoms with Crippen molar-refractivity contribution in [2.24, 2.45) is 5.73 Å². The third-order valence-corrected chi connectivity index (χ3v) is 1.87. The van der Waals surface area contributed by atoms with Crippen molar-refractivity contribution < 1.29 is 14.2 Å². The van der Waals surface area contributed by atoms with Crippen LogP contribution in [0.5, 0.6) is 0 Å². The lowest BCUT2D eigenvalue weighted by Crippen LogP contribution is -2.39. The summed E-state index contributed by atoms with van der Waals surface area (Å²) < 4.78 is 9.66. The van der Waals surface area contributed by atoms with Crippen LogP contribution in [0.3, 0.4) is 0 Å². The van der Waals surface area contributed by atoms with Crippen LogP contribution in [-0.2, 0) is 16.0 Å². The molecule has 2 N–H and O–H groups in total. The summed E-state index contributed by atoms with van der Waals surface area (Å²) in [7, 11) is 0. The molecule has 0 saturated heterocycles. The van der Waals surface area contributed by atoms with E-state index < -0.39 is 17.6 Å². The second-order valence-electron chi connectivity index (χ2n) is 4.64. The lowest BCUT2D eigenvalue weighted by atomic mass is 10.1. The number of aromatic nitrogens is 2. The molecule has 1 unspecified atom stereocenters. The van der Waals surface area contributed by atoms with Crippen LogP contribution >= 0.6 is 0 Å². The van der Waals surface area contributed by atoms with Gasteiger partial charge in [-0.15, -0.1) is 0 Å². The molecule has 1 heterocycles. The molecule has 6 heteroatoms. The Balaban J connectivity index is 2.56. The molecule has 0 aliphatic rings. The third kappa shape index (κ3) is 3.62. The highest BCUT2D eigenvalue weighted by Crippen LogP contribution is 2.10. The zero-order chi connectivity index (χ0) is 12.3. The molecule has 6 nitrogen and oxygen atoms in total. The van der Waals surface area contributed by atoms with Crippen LogP contribution in [0.25, 0.3) is 0 Å². The minimum absolute atomic E-state index is 0.268. The van der Waals surface area contributed by atoms with Crippen molar-refractivity contribution in [3.8, 4) is 0 Å². The first kappa shape index (κ1) is 12.6.